The molecule has 0 saturated heterocycles. The molecule has 0 fully saturated rings. The number of carbonyl (C=O) groups excluding carboxylic acids is 2. The van der Waals surface area contributed by atoms with Gasteiger partial charge in [-0.3, -0.25) is 9.59 Å². The van der Waals surface area contributed by atoms with Crippen molar-refractivity contribution in [3.63, 3.8) is 0 Å². The molecule has 3 aromatic carbocycles. The Morgan fingerprint density at radius 1 is 1.00 bits per heavy atom. The Kier molecular flexibility index (Phi) is 8.68. The van der Waals surface area contributed by atoms with E-state index in [1.165, 1.54) is 55.5 Å². The first-order valence-electron chi connectivity index (χ1n) is 10.3. The molecular weight excluding hydrogens is 614 g/mol. The first-order valence-corrected chi connectivity index (χ1v) is 13.3. The first kappa shape index (κ1) is 27.1. The number of hydrogen-bond donors (Lipinski definition) is 2. The summed E-state index contributed by atoms with van der Waals surface area (Å²) in [6.45, 7) is 3.24. The molecule has 2 N–H and O–H groups in total. The van der Waals surface area contributed by atoms with Gasteiger partial charge in [-0.2, -0.15) is 13.7 Å². The van der Waals surface area contributed by atoms with E-state index in [2.05, 4.69) is 42.5 Å². The standard InChI is InChI=1S/C25H19Br2N3O5S/c1-15-10-22(26)24(23(27)11-15)30-25(32)18(14-28)12-17-4-3-5-20(13-17)35-36(33,34)21-8-6-19(7-9-21)29-16(2)31/h3-13H,1-2H3,(H,29,31)(H,30,32)/b18-12+. The molecule has 0 radical (unpaired) electrons. The lowest BCUT2D eigenvalue weighted by Gasteiger charge is -2.11. The molecule has 11 heteroatoms. The zero-order chi connectivity index (χ0) is 26.5. The van der Waals surface area contributed by atoms with Gasteiger partial charge in [-0.05, 0) is 105 Å². The van der Waals surface area contributed by atoms with Crippen LogP contribution in [0.15, 0.2) is 80.1 Å². The second-order valence-corrected chi connectivity index (χ2v) is 10.8. The molecule has 0 heterocycles. The first-order chi connectivity index (χ1) is 17.0. The van der Waals surface area contributed by atoms with Crippen LogP contribution in [0.5, 0.6) is 5.75 Å². The lowest BCUT2D eigenvalue weighted by Crippen LogP contribution is -2.14. The highest BCUT2D eigenvalue weighted by Gasteiger charge is 2.18. The second kappa shape index (κ2) is 11.5. The van der Waals surface area contributed by atoms with E-state index in [4.69, 9.17) is 4.18 Å². The van der Waals surface area contributed by atoms with Crippen LogP contribution in [0.25, 0.3) is 6.08 Å². The van der Waals surface area contributed by atoms with Gasteiger partial charge in [-0.25, -0.2) is 0 Å². The van der Waals surface area contributed by atoms with Crippen molar-refractivity contribution in [3.8, 4) is 11.8 Å². The molecule has 3 aromatic rings. The number of aryl methyl sites for hydroxylation is 1. The molecule has 0 atom stereocenters. The molecule has 8 nitrogen and oxygen atoms in total. The third-order valence-corrected chi connectivity index (χ3v) is 7.14. The number of rotatable bonds is 7. The Balaban J connectivity index is 1.80. The smallest absolute Gasteiger partial charge is 0.339 e. The molecule has 0 spiro atoms. The SMILES string of the molecule is CC(=O)Nc1ccc(S(=O)(=O)Oc2cccc(/C=C(\C#N)C(=O)Nc3c(Br)cc(C)cc3Br)c2)cc1. The number of carbonyl (C=O) groups is 2. The summed E-state index contributed by atoms with van der Waals surface area (Å²) in [5.74, 6) is -0.923. The number of benzene rings is 3. The van der Waals surface area contributed by atoms with E-state index in [9.17, 15) is 23.3 Å². The molecule has 2 amide bonds. The van der Waals surface area contributed by atoms with Crippen LogP contribution >= 0.6 is 31.9 Å². The summed E-state index contributed by atoms with van der Waals surface area (Å²) in [5.41, 5.74) is 2.08. The van der Waals surface area contributed by atoms with E-state index < -0.39 is 16.0 Å². The Morgan fingerprint density at radius 3 is 2.22 bits per heavy atom. The normalized spacial score (nSPS) is 11.4. The van der Waals surface area contributed by atoms with Crippen LogP contribution in [-0.2, 0) is 19.7 Å². The summed E-state index contributed by atoms with van der Waals surface area (Å²) in [4.78, 5) is 23.8. The molecule has 0 aliphatic heterocycles. The van der Waals surface area contributed by atoms with Gasteiger partial charge in [0.25, 0.3) is 5.91 Å². The van der Waals surface area contributed by atoms with Gasteiger partial charge in [-0.1, -0.05) is 12.1 Å². The predicted octanol–water partition coefficient (Wildman–Crippen LogP) is 5.79. The van der Waals surface area contributed by atoms with Crippen molar-refractivity contribution >= 4 is 71.2 Å². The zero-order valence-corrected chi connectivity index (χ0v) is 23.0. The molecule has 0 aliphatic rings. The summed E-state index contributed by atoms with van der Waals surface area (Å²) < 4.78 is 31.9. The van der Waals surface area contributed by atoms with Crippen molar-refractivity contribution < 1.29 is 22.2 Å². The number of halogens is 2. The minimum absolute atomic E-state index is 0.00333. The Labute approximate surface area is 225 Å². The molecule has 0 aromatic heterocycles. The third kappa shape index (κ3) is 7.04. The van der Waals surface area contributed by atoms with Gasteiger partial charge in [0.2, 0.25) is 5.91 Å². The van der Waals surface area contributed by atoms with E-state index >= 15 is 0 Å². The Hall–Kier alpha value is -3.46. The van der Waals surface area contributed by atoms with Crippen molar-refractivity contribution in [1.29, 1.82) is 5.26 Å². The number of hydrogen-bond acceptors (Lipinski definition) is 6. The molecule has 0 saturated carbocycles. The largest absolute Gasteiger partial charge is 0.379 e. The van der Waals surface area contributed by atoms with Gasteiger partial charge >= 0.3 is 10.1 Å². The highest BCUT2D eigenvalue weighted by atomic mass is 79.9. The maximum atomic E-state index is 12.7. The summed E-state index contributed by atoms with van der Waals surface area (Å²) in [6, 6.07) is 17.0. The molecule has 36 heavy (non-hydrogen) atoms. The van der Waals surface area contributed by atoms with Crippen LogP contribution in [0.3, 0.4) is 0 Å². The number of nitrogens with zero attached hydrogens (tertiary/aromatic N) is 1. The lowest BCUT2D eigenvalue weighted by atomic mass is 10.1. The van der Waals surface area contributed by atoms with Crippen molar-refractivity contribution in [1.82, 2.24) is 0 Å². The zero-order valence-electron chi connectivity index (χ0n) is 19.0. The number of nitriles is 1. The van der Waals surface area contributed by atoms with Crippen LogP contribution in [-0.4, -0.2) is 20.2 Å². The quantitative estimate of drug-likeness (QED) is 0.193. The summed E-state index contributed by atoms with van der Waals surface area (Å²) in [7, 11) is -4.17. The highest BCUT2D eigenvalue weighted by molar-refractivity contribution is 9.11. The van der Waals surface area contributed by atoms with Gasteiger partial charge in [-0.15, -0.1) is 0 Å². The molecule has 0 unspecified atom stereocenters. The molecular formula is C25H19Br2N3O5S. The Bertz CT molecular complexity index is 1490. The highest BCUT2D eigenvalue weighted by Crippen LogP contribution is 2.32. The fourth-order valence-electron chi connectivity index (χ4n) is 3.05. The number of anilines is 2. The van der Waals surface area contributed by atoms with Crippen LogP contribution in [0, 0.1) is 18.3 Å². The predicted molar refractivity (Wildman–Crippen MR) is 144 cm³/mol. The summed E-state index contributed by atoms with van der Waals surface area (Å²) in [5, 5.41) is 14.8. The van der Waals surface area contributed by atoms with Crippen molar-refractivity contribution in [2.24, 2.45) is 0 Å². The summed E-state index contributed by atoms with van der Waals surface area (Å²) in [6.07, 6.45) is 1.33. The topological polar surface area (TPSA) is 125 Å². The van der Waals surface area contributed by atoms with Gasteiger partial charge in [0.1, 0.15) is 22.3 Å². The van der Waals surface area contributed by atoms with Crippen LogP contribution in [0.1, 0.15) is 18.1 Å². The minimum atomic E-state index is -4.17. The number of amides is 2. The third-order valence-electron chi connectivity index (χ3n) is 4.63. The lowest BCUT2D eigenvalue weighted by molar-refractivity contribution is -0.114. The van der Waals surface area contributed by atoms with E-state index in [-0.39, 0.29) is 22.1 Å². The minimum Gasteiger partial charge on any atom is -0.379 e. The van der Waals surface area contributed by atoms with Crippen molar-refractivity contribution in [3.05, 3.63) is 86.3 Å². The van der Waals surface area contributed by atoms with Crippen molar-refractivity contribution in [2.45, 2.75) is 18.7 Å². The average Bonchev–Trinajstić information content (AvgIpc) is 2.79. The maximum Gasteiger partial charge on any atom is 0.339 e. The second-order valence-electron chi connectivity index (χ2n) is 7.54. The summed E-state index contributed by atoms with van der Waals surface area (Å²) >= 11 is 6.79. The fraction of sp³-hybridized carbons (Fsp3) is 0.0800. The molecule has 184 valence electrons. The number of nitrogens with one attached hydrogen (secondary N) is 2. The van der Waals surface area contributed by atoms with Gasteiger partial charge in [0.15, 0.2) is 0 Å². The molecule has 0 aliphatic carbocycles. The molecule has 3 rings (SSSR count). The van der Waals surface area contributed by atoms with E-state index in [1.807, 2.05) is 25.1 Å². The van der Waals surface area contributed by atoms with Gasteiger partial charge < -0.3 is 14.8 Å². The van der Waals surface area contributed by atoms with E-state index in [0.717, 1.165) is 5.56 Å². The Morgan fingerprint density at radius 2 is 1.64 bits per heavy atom. The van der Waals surface area contributed by atoms with Crippen LogP contribution < -0.4 is 14.8 Å². The average molecular weight is 633 g/mol. The van der Waals surface area contributed by atoms with E-state index in [0.29, 0.717) is 25.9 Å². The fourth-order valence-corrected chi connectivity index (χ4v) is 5.59. The van der Waals surface area contributed by atoms with Crippen LogP contribution in [0.4, 0.5) is 11.4 Å². The molecule has 0 bridgehead atoms. The van der Waals surface area contributed by atoms with Gasteiger partial charge in [0.05, 0.1) is 5.69 Å². The van der Waals surface area contributed by atoms with Crippen molar-refractivity contribution in [2.75, 3.05) is 10.6 Å². The van der Waals surface area contributed by atoms with Gasteiger partial charge in [0, 0.05) is 21.6 Å². The van der Waals surface area contributed by atoms with Crippen LogP contribution in [0.2, 0.25) is 0 Å². The maximum absolute atomic E-state index is 12.7. The monoisotopic (exact) mass is 631 g/mol. The van der Waals surface area contributed by atoms with E-state index in [1.54, 1.807) is 6.07 Å².